The highest BCUT2D eigenvalue weighted by Gasteiger charge is 2.61. The first-order valence-corrected chi connectivity index (χ1v) is 9.84. The van der Waals surface area contributed by atoms with E-state index in [1.54, 1.807) is 55.5 Å². The van der Waals surface area contributed by atoms with Crippen molar-refractivity contribution >= 4 is 34.7 Å². The molecule has 1 aliphatic carbocycles. The zero-order chi connectivity index (χ0) is 22.1. The van der Waals surface area contributed by atoms with Crippen molar-refractivity contribution in [3.8, 4) is 0 Å². The smallest absolute Gasteiger partial charge is 0.296 e. The molecule has 0 unspecified atom stereocenters. The summed E-state index contributed by atoms with van der Waals surface area (Å²) < 4.78 is 40.6. The molecule has 0 spiro atoms. The van der Waals surface area contributed by atoms with Crippen LogP contribution in [0.4, 0.5) is 24.5 Å². The molecule has 0 radical (unpaired) electrons. The Morgan fingerprint density at radius 1 is 0.968 bits per heavy atom. The molecule has 5 nitrogen and oxygen atoms in total. The second-order valence-electron chi connectivity index (χ2n) is 8.01. The summed E-state index contributed by atoms with van der Waals surface area (Å²) in [5.41, 5.74) is 2.23. The van der Waals surface area contributed by atoms with Crippen molar-refractivity contribution in [2.75, 3.05) is 9.80 Å². The van der Waals surface area contributed by atoms with Gasteiger partial charge in [-0.15, -0.1) is 0 Å². The van der Waals surface area contributed by atoms with Gasteiger partial charge < -0.3 is 0 Å². The lowest BCUT2D eigenvalue weighted by molar-refractivity contribution is -0.171. The highest BCUT2D eigenvalue weighted by Crippen LogP contribution is 2.54. The molecule has 3 amide bonds. The number of halogens is 3. The zero-order valence-electron chi connectivity index (χ0n) is 16.4. The molecule has 0 bridgehead atoms. The number of carbonyl (C=O) groups is 3. The lowest BCUT2D eigenvalue weighted by atomic mass is 9.73. The van der Waals surface area contributed by atoms with Gasteiger partial charge in [0.25, 0.3) is 0 Å². The lowest BCUT2D eigenvalue weighted by Crippen LogP contribution is -2.52. The molecule has 2 aromatic carbocycles. The van der Waals surface area contributed by atoms with Crippen LogP contribution >= 0.6 is 0 Å². The van der Waals surface area contributed by atoms with Crippen LogP contribution in [0.2, 0.25) is 0 Å². The molecule has 1 saturated heterocycles. The number of hydrogen-bond acceptors (Lipinski definition) is 3. The Labute approximate surface area is 175 Å². The summed E-state index contributed by atoms with van der Waals surface area (Å²) in [6.45, 7) is 1.75. The molecule has 3 aliphatic rings. The van der Waals surface area contributed by atoms with Crippen molar-refractivity contribution in [3.05, 3.63) is 65.7 Å². The van der Waals surface area contributed by atoms with Crippen LogP contribution in [0.25, 0.3) is 5.57 Å². The fraction of sp³-hybridized carbons (Fsp3) is 0.261. The average Bonchev–Trinajstić information content (AvgIpc) is 3.20. The molecule has 31 heavy (non-hydrogen) atoms. The van der Waals surface area contributed by atoms with Gasteiger partial charge >= 0.3 is 12.1 Å². The monoisotopic (exact) mass is 426 g/mol. The number of hydrogen-bond donors (Lipinski definition) is 0. The van der Waals surface area contributed by atoms with Gasteiger partial charge in [0.05, 0.1) is 29.3 Å². The number of rotatable bonds is 1. The van der Waals surface area contributed by atoms with Crippen molar-refractivity contribution in [2.24, 2.45) is 11.8 Å². The van der Waals surface area contributed by atoms with Crippen molar-refractivity contribution in [1.29, 1.82) is 0 Å². The maximum atomic E-state index is 13.5. The van der Waals surface area contributed by atoms with E-state index in [1.165, 1.54) is 6.07 Å². The van der Waals surface area contributed by atoms with Gasteiger partial charge in [0.1, 0.15) is 0 Å². The average molecular weight is 426 g/mol. The van der Waals surface area contributed by atoms with E-state index in [1.807, 2.05) is 0 Å². The fourth-order valence-corrected chi connectivity index (χ4v) is 5.13. The molecule has 0 N–H and O–H groups in total. The van der Waals surface area contributed by atoms with Gasteiger partial charge in [-0.25, -0.2) is 4.90 Å². The van der Waals surface area contributed by atoms with Gasteiger partial charge in [0.15, 0.2) is 0 Å². The lowest BCUT2D eigenvalue weighted by Gasteiger charge is -2.35. The quantitative estimate of drug-likeness (QED) is 0.649. The molecule has 8 heteroatoms. The first-order chi connectivity index (χ1) is 14.7. The minimum atomic E-state index is -5.12. The Balaban J connectivity index is 1.68. The summed E-state index contributed by atoms with van der Waals surface area (Å²) in [6.07, 6.45) is -4.86. The maximum Gasteiger partial charge on any atom is 0.471 e. The second-order valence-corrected chi connectivity index (χ2v) is 8.01. The molecular formula is C23H17F3N2O3. The van der Waals surface area contributed by atoms with Gasteiger partial charge in [-0.1, -0.05) is 42.0 Å². The SMILES string of the molecule is CC1=C2c3ccccc3N(C(=O)C(F)(F)F)[C@@H]2[C@@H]2C(=O)N(c3ccccc3)C(=O)[C@@H]2C1. The summed E-state index contributed by atoms with van der Waals surface area (Å²) in [6, 6.07) is 13.5. The van der Waals surface area contributed by atoms with E-state index in [0.29, 0.717) is 27.3 Å². The van der Waals surface area contributed by atoms with Crippen LogP contribution in [0.1, 0.15) is 18.9 Å². The number of anilines is 2. The zero-order valence-corrected chi connectivity index (χ0v) is 16.4. The number of alkyl halides is 3. The highest BCUT2D eigenvalue weighted by molar-refractivity contribution is 6.24. The van der Waals surface area contributed by atoms with Crippen LogP contribution in [-0.4, -0.2) is 29.9 Å². The van der Waals surface area contributed by atoms with Crippen molar-refractivity contribution in [3.63, 3.8) is 0 Å². The number of benzene rings is 2. The third kappa shape index (κ3) is 2.67. The van der Waals surface area contributed by atoms with E-state index in [0.717, 1.165) is 4.90 Å². The highest BCUT2D eigenvalue weighted by atomic mass is 19.4. The largest absolute Gasteiger partial charge is 0.471 e. The summed E-state index contributed by atoms with van der Waals surface area (Å²) in [5.74, 6) is -4.96. The third-order valence-electron chi connectivity index (χ3n) is 6.31. The van der Waals surface area contributed by atoms with E-state index in [4.69, 9.17) is 0 Å². The molecule has 2 heterocycles. The van der Waals surface area contributed by atoms with E-state index >= 15 is 0 Å². The number of amides is 3. The molecule has 0 saturated carbocycles. The van der Waals surface area contributed by atoms with Crippen LogP contribution in [0.3, 0.4) is 0 Å². The Bertz CT molecular complexity index is 1160. The molecule has 2 aliphatic heterocycles. The second kappa shape index (κ2) is 6.54. The van der Waals surface area contributed by atoms with Crippen molar-refractivity contribution in [2.45, 2.75) is 25.6 Å². The van der Waals surface area contributed by atoms with E-state index < -0.39 is 41.8 Å². The fourth-order valence-electron chi connectivity index (χ4n) is 5.13. The topological polar surface area (TPSA) is 57.7 Å². The first kappa shape index (κ1) is 19.5. The third-order valence-corrected chi connectivity index (χ3v) is 6.31. The Morgan fingerprint density at radius 2 is 1.61 bits per heavy atom. The molecule has 3 atom stereocenters. The number of para-hydroxylation sites is 2. The Morgan fingerprint density at radius 3 is 2.29 bits per heavy atom. The van der Waals surface area contributed by atoms with Gasteiger partial charge in [0, 0.05) is 5.56 Å². The number of carbonyl (C=O) groups excluding carboxylic acids is 3. The van der Waals surface area contributed by atoms with Gasteiger partial charge in [-0.2, -0.15) is 13.2 Å². The van der Waals surface area contributed by atoms with Crippen LogP contribution in [-0.2, 0) is 14.4 Å². The minimum Gasteiger partial charge on any atom is -0.296 e. The first-order valence-electron chi connectivity index (χ1n) is 9.84. The molecule has 1 fully saturated rings. The molecular weight excluding hydrogens is 409 g/mol. The summed E-state index contributed by atoms with van der Waals surface area (Å²) in [5, 5.41) is 0. The van der Waals surface area contributed by atoms with E-state index in [2.05, 4.69) is 0 Å². The van der Waals surface area contributed by atoms with Crippen LogP contribution in [0.15, 0.2) is 60.2 Å². The Hall–Kier alpha value is -3.42. The summed E-state index contributed by atoms with van der Waals surface area (Å²) in [4.78, 5) is 40.8. The molecule has 2 aromatic rings. The molecule has 5 rings (SSSR count). The van der Waals surface area contributed by atoms with Gasteiger partial charge in [-0.3, -0.25) is 19.3 Å². The minimum absolute atomic E-state index is 0.114. The van der Waals surface area contributed by atoms with Crippen LogP contribution in [0.5, 0.6) is 0 Å². The number of allylic oxidation sites excluding steroid dienone is 1. The number of imide groups is 1. The summed E-state index contributed by atoms with van der Waals surface area (Å²) >= 11 is 0. The molecule has 0 aromatic heterocycles. The summed E-state index contributed by atoms with van der Waals surface area (Å²) in [7, 11) is 0. The maximum absolute atomic E-state index is 13.5. The van der Waals surface area contributed by atoms with E-state index in [9.17, 15) is 27.6 Å². The standard InChI is InChI=1S/C23H17F3N2O3/c1-12-11-15-18(21(30)27(20(15)29)13-7-3-2-4-8-13)19-17(12)14-9-5-6-10-16(14)28(19)22(31)23(24,25)26/h2-10,15,18-19H,11H2,1H3/t15-,18-,19+/m1/s1. The molecule has 158 valence electrons. The normalized spacial score (nSPS) is 25.0. The van der Waals surface area contributed by atoms with Crippen molar-refractivity contribution < 1.29 is 27.6 Å². The van der Waals surface area contributed by atoms with Crippen LogP contribution < -0.4 is 9.80 Å². The van der Waals surface area contributed by atoms with Gasteiger partial charge in [-0.05, 0) is 37.1 Å². The number of fused-ring (bicyclic) bond motifs is 5. The van der Waals surface area contributed by atoms with Crippen LogP contribution in [0, 0.1) is 11.8 Å². The predicted octanol–water partition coefficient (Wildman–Crippen LogP) is 3.95. The van der Waals surface area contributed by atoms with E-state index in [-0.39, 0.29) is 12.1 Å². The van der Waals surface area contributed by atoms with Crippen molar-refractivity contribution in [1.82, 2.24) is 0 Å². The predicted molar refractivity (Wildman–Crippen MR) is 107 cm³/mol. The number of nitrogens with zero attached hydrogens (tertiary/aromatic N) is 2. The Kier molecular flexibility index (Phi) is 4.12. The van der Waals surface area contributed by atoms with Gasteiger partial charge in [0.2, 0.25) is 11.8 Å².